The average molecular weight is 364 g/mol. The Bertz CT molecular complexity index is 672. The molecule has 0 heterocycles. The summed E-state index contributed by atoms with van der Waals surface area (Å²) in [5.41, 5.74) is -1.27. The van der Waals surface area contributed by atoms with E-state index in [4.69, 9.17) is 0 Å². The maximum absolute atomic E-state index is 11.7. The van der Waals surface area contributed by atoms with E-state index in [9.17, 15) is 30.1 Å². The number of hydrogen-bond acceptors (Lipinski definition) is 5. The lowest BCUT2D eigenvalue weighted by atomic mass is 9.89. The summed E-state index contributed by atoms with van der Waals surface area (Å²) >= 11 is 0. The van der Waals surface area contributed by atoms with Gasteiger partial charge >= 0.3 is 17.7 Å². The molecule has 8 heteroatoms. The first-order valence-electron chi connectivity index (χ1n) is 8.61. The third-order valence-corrected chi connectivity index (χ3v) is 4.27. The van der Waals surface area contributed by atoms with Gasteiger partial charge in [-0.25, -0.2) is 4.79 Å². The van der Waals surface area contributed by atoms with Crippen LogP contribution in [0.1, 0.15) is 57.6 Å². The Balaban J connectivity index is 3.38. The summed E-state index contributed by atoms with van der Waals surface area (Å²) < 4.78 is 0. The standard InChI is InChI=1S/C18H24N2O6/c1-3-4-5-7-10-13(2)15(18(21)22)17(20(25)26)16(19(23)24)14-11-8-6-9-12-14/h6,8-9,11-13,16H,3-5,7,10H2,1-2H3,(H,21,22). The Kier molecular flexibility index (Phi) is 8.41. The van der Waals surface area contributed by atoms with E-state index < -0.39 is 39.0 Å². The highest BCUT2D eigenvalue weighted by atomic mass is 16.6. The molecule has 1 aromatic rings. The van der Waals surface area contributed by atoms with Crippen molar-refractivity contribution in [2.75, 3.05) is 0 Å². The number of carboxylic acid groups (broad SMARTS) is 1. The highest BCUT2D eigenvalue weighted by molar-refractivity contribution is 5.87. The van der Waals surface area contributed by atoms with E-state index in [1.165, 1.54) is 24.3 Å². The minimum absolute atomic E-state index is 0.0844. The van der Waals surface area contributed by atoms with Crippen molar-refractivity contribution in [3.8, 4) is 0 Å². The molecule has 0 aliphatic rings. The molecule has 26 heavy (non-hydrogen) atoms. The van der Waals surface area contributed by atoms with Gasteiger partial charge in [0, 0.05) is 10.5 Å². The summed E-state index contributed by atoms with van der Waals surface area (Å²) in [6.07, 6.45) is 4.03. The molecule has 142 valence electrons. The number of nitrogens with zero attached hydrogens (tertiary/aromatic N) is 2. The van der Waals surface area contributed by atoms with Gasteiger partial charge in [-0.3, -0.25) is 20.2 Å². The zero-order chi connectivity index (χ0) is 19.7. The molecule has 0 amide bonds. The Morgan fingerprint density at radius 2 is 1.73 bits per heavy atom. The fourth-order valence-corrected chi connectivity index (χ4v) is 2.95. The molecule has 1 rings (SSSR count). The van der Waals surface area contributed by atoms with Crippen molar-refractivity contribution < 1.29 is 19.7 Å². The molecule has 0 fully saturated rings. The molecule has 0 spiro atoms. The summed E-state index contributed by atoms with van der Waals surface area (Å²) in [6.45, 7) is 3.61. The van der Waals surface area contributed by atoms with Crippen molar-refractivity contribution in [1.82, 2.24) is 0 Å². The van der Waals surface area contributed by atoms with Gasteiger partial charge in [0.1, 0.15) is 5.57 Å². The zero-order valence-corrected chi connectivity index (χ0v) is 15.0. The second kappa shape index (κ2) is 10.3. The third kappa shape index (κ3) is 5.65. The average Bonchev–Trinajstić information content (AvgIpc) is 2.58. The van der Waals surface area contributed by atoms with Crippen LogP contribution in [0.4, 0.5) is 0 Å². The Morgan fingerprint density at radius 3 is 2.19 bits per heavy atom. The van der Waals surface area contributed by atoms with Gasteiger partial charge in [0.2, 0.25) is 0 Å². The molecule has 0 saturated carbocycles. The van der Waals surface area contributed by atoms with Crippen LogP contribution in [0.15, 0.2) is 41.6 Å². The summed E-state index contributed by atoms with van der Waals surface area (Å²) in [5.74, 6) is -2.14. The van der Waals surface area contributed by atoms with Crippen LogP contribution in [0.2, 0.25) is 0 Å². The van der Waals surface area contributed by atoms with Crippen molar-refractivity contribution in [3.05, 3.63) is 67.4 Å². The van der Waals surface area contributed by atoms with E-state index in [-0.39, 0.29) is 5.56 Å². The maximum atomic E-state index is 11.7. The van der Waals surface area contributed by atoms with Gasteiger partial charge < -0.3 is 5.11 Å². The lowest BCUT2D eigenvalue weighted by Crippen LogP contribution is -2.25. The highest BCUT2D eigenvalue weighted by Crippen LogP contribution is 2.32. The highest BCUT2D eigenvalue weighted by Gasteiger charge is 2.43. The summed E-state index contributed by atoms with van der Waals surface area (Å²) in [5, 5.41) is 32.8. The first-order valence-corrected chi connectivity index (χ1v) is 8.61. The smallest absolute Gasteiger partial charge is 0.338 e. The lowest BCUT2D eigenvalue weighted by Gasteiger charge is -2.15. The number of nitro groups is 2. The van der Waals surface area contributed by atoms with Crippen LogP contribution < -0.4 is 0 Å². The van der Waals surface area contributed by atoms with Crippen molar-refractivity contribution in [1.29, 1.82) is 0 Å². The van der Waals surface area contributed by atoms with Gasteiger partial charge in [-0.1, -0.05) is 69.9 Å². The molecular weight excluding hydrogens is 340 g/mol. The molecule has 0 aliphatic carbocycles. The van der Waals surface area contributed by atoms with E-state index in [1.807, 2.05) is 6.92 Å². The third-order valence-electron chi connectivity index (χ3n) is 4.27. The predicted molar refractivity (Wildman–Crippen MR) is 95.8 cm³/mol. The topological polar surface area (TPSA) is 124 Å². The van der Waals surface area contributed by atoms with E-state index >= 15 is 0 Å². The number of hydrogen-bond donors (Lipinski definition) is 1. The maximum Gasteiger partial charge on any atom is 0.338 e. The van der Waals surface area contributed by atoms with E-state index in [2.05, 4.69) is 0 Å². The van der Waals surface area contributed by atoms with Gasteiger partial charge in [0.15, 0.2) is 0 Å². The molecule has 2 atom stereocenters. The second-order valence-electron chi connectivity index (χ2n) is 6.21. The quantitative estimate of drug-likeness (QED) is 0.271. The molecule has 8 nitrogen and oxygen atoms in total. The molecule has 1 aromatic carbocycles. The normalized spacial score (nSPS) is 14.2. The van der Waals surface area contributed by atoms with Crippen molar-refractivity contribution in [2.24, 2.45) is 5.92 Å². The first kappa shape index (κ1) is 21.3. The fraction of sp³-hybridized carbons (Fsp3) is 0.500. The molecule has 0 saturated heterocycles. The van der Waals surface area contributed by atoms with Gasteiger partial charge in [-0.2, -0.15) is 0 Å². The minimum atomic E-state index is -1.82. The van der Waals surface area contributed by atoms with Crippen molar-refractivity contribution in [2.45, 2.75) is 52.0 Å². The monoisotopic (exact) mass is 364 g/mol. The Hall–Kier alpha value is -2.77. The SMILES string of the molecule is CCCCCCC(C)C(C(=O)O)=C(C(c1ccccc1)[N+](=O)[O-])[N+](=O)[O-]. The largest absolute Gasteiger partial charge is 0.478 e. The Labute approximate surface area is 151 Å². The molecule has 2 unspecified atom stereocenters. The van der Waals surface area contributed by atoms with Gasteiger partial charge in [-0.05, 0) is 12.3 Å². The van der Waals surface area contributed by atoms with E-state index in [0.29, 0.717) is 12.8 Å². The molecule has 0 aromatic heterocycles. The number of aliphatic carboxylic acids is 1. The molecule has 0 aliphatic heterocycles. The second-order valence-corrected chi connectivity index (χ2v) is 6.21. The molecule has 0 radical (unpaired) electrons. The van der Waals surface area contributed by atoms with Gasteiger partial charge in [0.05, 0.1) is 4.92 Å². The predicted octanol–water partition coefficient (Wildman–Crippen LogP) is 4.23. The van der Waals surface area contributed by atoms with E-state index in [1.54, 1.807) is 13.0 Å². The van der Waals surface area contributed by atoms with Crippen LogP contribution in [0.5, 0.6) is 0 Å². The van der Waals surface area contributed by atoms with Crippen LogP contribution >= 0.6 is 0 Å². The summed E-state index contributed by atoms with van der Waals surface area (Å²) in [4.78, 5) is 33.2. The van der Waals surface area contributed by atoms with Crippen LogP contribution in [-0.4, -0.2) is 20.9 Å². The fourth-order valence-electron chi connectivity index (χ4n) is 2.95. The van der Waals surface area contributed by atoms with Crippen molar-refractivity contribution in [3.63, 3.8) is 0 Å². The number of unbranched alkanes of at least 4 members (excludes halogenated alkanes) is 3. The molecule has 0 bridgehead atoms. The number of carboxylic acids is 1. The van der Waals surface area contributed by atoms with Gasteiger partial charge in [0.25, 0.3) is 0 Å². The minimum Gasteiger partial charge on any atom is -0.478 e. The number of benzene rings is 1. The van der Waals surface area contributed by atoms with Crippen LogP contribution in [0.25, 0.3) is 0 Å². The van der Waals surface area contributed by atoms with Crippen LogP contribution in [0.3, 0.4) is 0 Å². The number of carbonyl (C=O) groups is 1. The van der Waals surface area contributed by atoms with Crippen LogP contribution in [-0.2, 0) is 4.79 Å². The molecular formula is C18H24N2O6. The molecule has 1 N–H and O–H groups in total. The van der Waals surface area contributed by atoms with E-state index in [0.717, 1.165) is 19.3 Å². The summed E-state index contributed by atoms with van der Waals surface area (Å²) in [6, 6.07) is 5.64. The summed E-state index contributed by atoms with van der Waals surface area (Å²) in [7, 11) is 0. The first-order chi connectivity index (χ1) is 12.3. The zero-order valence-electron chi connectivity index (χ0n) is 15.0. The van der Waals surface area contributed by atoms with Gasteiger partial charge in [-0.15, -0.1) is 0 Å². The van der Waals surface area contributed by atoms with Crippen molar-refractivity contribution >= 4 is 5.97 Å². The number of rotatable bonds is 11. The lowest BCUT2D eigenvalue weighted by molar-refractivity contribution is -0.561. The van der Waals surface area contributed by atoms with Crippen LogP contribution in [0, 0.1) is 26.1 Å². The Morgan fingerprint density at radius 1 is 1.12 bits per heavy atom.